The summed E-state index contributed by atoms with van der Waals surface area (Å²) in [5.41, 5.74) is 0. The lowest BCUT2D eigenvalue weighted by molar-refractivity contribution is 0.0236. The molecule has 0 spiro atoms. The van der Waals surface area contributed by atoms with Crippen LogP contribution in [-0.4, -0.2) is 49.8 Å². The molecule has 0 aliphatic carbocycles. The summed E-state index contributed by atoms with van der Waals surface area (Å²) in [7, 11) is 1.83. The van der Waals surface area contributed by atoms with Crippen molar-refractivity contribution in [2.24, 2.45) is 0 Å². The van der Waals surface area contributed by atoms with Crippen LogP contribution in [0.2, 0.25) is 0 Å². The van der Waals surface area contributed by atoms with Crippen LogP contribution in [0.3, 0.4) is 0 Å². The molecule has 0 aromatic heterocycles. The van der Waals surface area contributed by atoms with Crippen LogP contribution in [-0.2, 0) is 4.74 Å². The summed E-state index contributed by atoms with van der Waals surface area (Å²) in [5, 5.41) is 3.67. The van der Waals surface area contributed by atoms with Crippen molar-refractivity contribution in [3.8, 4) is 0 Å². The van der Waals surface area contributed by atoms with Gasteiger partial charge in [-0.1, -0.05) is 13.8 Å². The first-order valence-corrected chi connectivity index (χ1v) is 7.23. The van der Waals surface area contributed by atoms with Gasteiger partial charge in [-0.2, -0.15) is 0 Å². The van der Waals surface area contributed by atoms with Gasteiger partial charge >= 0.3 is 0 Å². The van der Waals surface area contributed by atoms with E-state index in [4.69, 9.17) is 4.74 Å². The molecule has 0 saturated carbocycles. The minimum absolute atomic E-state index is 0.488. The molecule has 1 heterocycles. The standard InChI is InChI=1S/C14H30N2O/c1-5-9-15-14(6-2)12(3)16-10-7-13(17-4)8-11-16/h12-15H,5-11H2,1-4H3. The Bertz CT molecular complexity index is 191. The summed E-state index contributed by atoms with van der Waals surface area (Å²) in [6, 6.07) is 1.28. The first kappa shape index (κ1) is 14.9. The van der Waals surface area contributed by atoms with Gasteiger partial charge in [0.2, 0.25) is 0 Å². The van der Waals surface area contributed by atoms with Crippen molar-refractivity contribution in [3.05, 3.63) is 0 Å². The minimum atomic E-state index is 0.488. The van der Waals surface area contributed by atoms with Gasteiger partial charge in [-0.05, 0) is 39.2 Å². The maximum Gasteiger partial charge on any atom is 0.0595 e. The largest absolute Gasteiger partial charge is 0.381 e. The third-order valence-electron chi connectivity index (χ3n) is 4.06. The highest BCUT2D eigenvalue weighted by molar-refractivity contribution is 4.83. The lowest BCUT2D eigenvalue weighted by Gasteiger charge is -2.39. The number of ether oxygens (including phenoxy) is 1. The first-order chi connectivity index (χ1) is 8.22. The Balaban J connectivity index is 2.37. The Morgan fingerprint density at radius 1 is 1.29 bits per heavy atom. The van der Waals surface area contributed by atoms with Gasteiger partial charge in [0.1, 0.15) is 0 Å². The lowest BCUT2D eigenvalue weighted by atomic mass is 10.0. The van der Waals surface area contributed by atoms with Crippen molar-refractivity contribution < 1.29 is 4.74 Å². The van der Waals surface area contributed by atoms with Crippen molar-refractivity contribution in [1.82, 2.24) is 10.2 Å². The van der Waals surface area contributed by atoms with Crippen LogP contribution in [0.15, 0.2) is 0 Å². The number of likely N-dealkylation sites (tertiary alicyclic amines) is 1. The summed E-state index contributed by atoms with van der Waals surface area (Å²) >= 11 is 0. The molecule has 1 aliphatic rings. The van der Waals surface area contributed by atoms with Crippen LogP contribution < -0.4 is 5.32 Å². The second-order valence-corrected chi connectivity index (χ2v) is 5.18. The molecular weight excluding hydrogens is 212 g/mol. The van der Waals surface area contributed by atoms with Gasteiger partial charge in [0.25, 0.3) is 0 Å². The maximum atomic E-state index is 5.43. The molecule has 17 heavy (non-hydrogen) atoms. The summed E-state index contributed by atoms with van der Waals surface area (Å²) in [5.74, 6) is 0. The quantitative estimate of drug-likeness (QED) is 0.741. The molecule has 3 heteroatoms. The van der Waals surface area contributed by atoms with Gasteiger partial charge in [-0.25, -0.2) is 0 Å². The van der Waals surface area contributed by atoms with E-state index in [1.807, 2.05) is 7.11 Å². The van der Waals surface area contributed by atoms with E-state index in [1.165, 1.54) is 38.8 Å². The minimum Gasteiger partial charge on any atom is -0.381 e. The fraction of sp³-hybridized carbons (Fsp3) is 1.00. The number of piperidine rings is 1. The molecule has 0 aromatic rings. The SMILES string of the molecule is CCCNC(CC)C(C)N1CCC(OC)CC1. The first-order valence-electron chi connectivity index (χ1n) is 7.23. The normalized spacial score (nSPS) is 22.6. The highest BCUT2D eigenvalue weighted by atomic mass is 16.5. The average Bonchev–Trinajstić information content (AvgIpc) is 2.39. The zero-order valence-electron chi connectivity index (χ0n) is 12.0. The highest BCUT2D eigenvalue weighted by Crippen LogP contribution is 2.17. The number of hydrogen-bond donors (Lipinski definition) is 1. The van der Waals surface area contributed by atoms with Crippen LogP contribution >= 0.6 is 0 Å². The van der Waals surface area contributed by atoms with Gasteiger partial charge in [-0.3, -0.25) is 4.90 Å². The number of methoxy groups -OCH3 is 1. The third kappa shape index (κ3) is 4.57. The van der Waals surface area contributed by atoms with E-state index in [9.17, 15) is 0 Å². The van der Waals surface area contributed by atoms with Crippen LogP contribution in [0.4, 0.5) is 0 Å². The van der Waals surface area contributed by atoms with Crippen molar-refractivity contribution >= 4 is 0 Å². The van der Waals surface area contributed by atoms with E-state index in [1.54, 1.807) is 0 Å². The molecule has 1 rings (SSSR count). The van der Waals surface area contributed by atoms with Gasteiger partial charge < -0.3 is 10.1 Å². The molecule has 1 N–H and O–H groups in total. The number of nitrogens with zero attached hydrogens (tertiary/aromatic N) is 1. The molecule has 1 saturated heterocycles. The van der Waals surface area contributed by atoms with Crippen molar-refractivity contribution in [2.75, 3.05) is 26.7 Å². The molecule has 1 fully saturated rings. The molecule has 0 radical (unpaired) electrons. The number of nitrogens with one attached hydrogen (secondary N) is 1. The molecule has 102 valence electrons. The lowest BCUT2D eigenvalue weighted by Crippen LogP contribution is -2.51. The van der Waals surface area contributed by atoms with E-state index >= 15 is 0 Å². The summed E-state index contributed by atoms with van der Waals surface area (Å²) in [4.78, 5) is 2.62. The molecule has 0 bridgehead atoms. The Labute approximate surface area is 107 Å². The van der Waals surface area contributed by atoms with Gasteiger partial charge in [0, 0.05) is 32.3 Å². The predicted molar refractivity (Wildman–Crippen MR) is 73.4 cm³/mol. The number of rotatable bonds is 7. The van der Waals surface area contributed by atoms with Crippen LogP contribution in [0.25, 0.3) is 0 Å². The molecule has 3 nitrogen and oxygen atoms in total. The third-order valence-corrected chi connectivity index (χ3v) is 4.06. The Hall–Kier alpha value is -0.120. The van der Waals surface area contributed by atoms with Gasteiger partial charge in [0.15, 0.2) is 0 Å². The predicted octanol–water partition coefficient (Wildman–Crippen LogP) is 2.26. The zero-order valence-corrected chi connectivity index (χ0v) is 12.0. The molecule has 2 atom stereocenters. The fourth-order valence-electron chi connectivity index (χ4n) is 2.76. The van der Waals surface area contributed by atoms with Gasteiger partial charge in [-0.15, -0.1) is 0 Å². The Kier molecular flexibility index (Phi) is 7.09. The van der Waals surface area contributed by atoms with E-state index < -0.39 is 0 Å². The van der Waals surface area contributed by atoms with E-state index in [0.29, 0.717) is 18.2 Å². The number of hydrogen-bond acceptors (Lipinski definition) is 3. The van der Waals surface area contributed by atoms with Crippen molar-refractivity contribution in [3.63, 3.8) is 0 Å². The summed E-state index contributed by atoms with van der Waals surface area (Å²) in [6.45, 7) is 10.4. The van der Waals surface area contributed by atoms with E-state index in [0.717, 1.165) is 6.54 Å². The molecular formula is C14H30N2O. The highest BCUT2D eigenvalue weighted by Gasteiger charge is 2.26. The second kappa shape index (κ2) is 8.06. The molecule has 2 unspecified atom stereocenters. The van der Waals surface area contributed by atoms with E-state index in [2.05, 4.69) is 31.0 Å². The molecule has 0 amide bonds. The molecule has 1 aliphatic heterocycles. The van der Waals surface area contributed by atoms with Crippen LogP contribution in [0.1, 0.15) is 46.5 Å². The Morgan fingerprint density at radius 2 is 1.94 bits per heavy atom. The fourth-order valence-corrected chi connectivity index (χ4v) is 2.76. The average molecular weight is 242 g/mol. The second-order valence-electron chi connectivity index (χ2n) is 5.18. The van der Waals surface area contributed by atoms with Crippen LogP contribution in [0, 0.1) is 0 Å². The van der Waals surface area contributed by atoms with E-state index in [-0.39, 0.29) is 0 Å². The van der Waals surface area contributed by atoms with Gasteiger partial charge in [0.05, 0.1) is 6.10 Å². The van der Waals surface area contributed by atoms with Crippen molar-refractivity contribution in [2.45, 2.75) is 64.6 Å². The monoisotopic (exact) mass is 242 g/mol. The van der Waals surface area contributed by atoms with Crippen LogP contribution in [0.5, 0.6) is 0 Å². The Morgan fingerprint density at radius 3 is 2.41 bits per heavy atom. The topological polar surface area (TPSA) is 24.5 Å². The van der Waals surface area contributed by atoms with Crippen molar-refractivity contribution in [1.29, 1.82) is 0 Å². The molecule has 0 aromatic carbocycles. The summed E-state index contributed by atoms with van der Waals surface area (Å²) in [6.07, 6.45) is 5.29. The maximum absolute atomic E-state index is 5.43. The zero-order chi connectivity index (χ0) is 12.7. The smallest absolute Gasteiger partial charge is 0.0595 e. The summed E-state index contributed by atoms with van der Waals surface area (Å²) < 4.78 is 5.43.